The Morgan fingerprint density at radius 1 is 1.29 bits per heavy atom. The molecular weight excluding hydrogens is 327 g/mol. The summed E-state index contributed by atoms with van der Waals surface area (Å²) in [5, 5.41) is 2.71. The average Bonchev–Trinajstić information content (AvgIpc) is 2.37. The molecular formula is C16H20F3NO4. The van der Waals surface area contributed by atoms with Gasteiger partial charge in [-0.25, -0.2) is 9.18 Å². The Morgan fingerprint density at radius 2 is 1.96 bits per heavy atom. The zero-order valence-corrected chi connectivity index (χ0v) is 13.6. The number of amides is 1. The van der Waals surface area contributed by atoms with Crippen molar-refractivity contribution in [3.63, 3.8) is 0 Å². The molecule has 1 aliphatic rings. The number of nitrogens with one attached hydrogen (secondary N) is 1. The van der Waals surface area contributed by atoms with Crippen LogP contribution in [0.5, 0.6) is 11.5 Å². The van der Waals surface area contributed by atoms with Crippen LogP contribution in [0.25, 0.3) is 0 Å². The van der Waals surface area contributed by atoms with Gasteiger partial charge in [0.1, 0.15) is 17.5 Å². The maximum Gasteiger partial charge on any atom is 0.407 e. The molecule has 0 radical (unpaired) electrons. The van der Waals surface area contributed by atoms with Crippen molar-refractivity contribution in [3.05, 3.63) is 24.0 Å². The van der Waals surface area contributed by atoms with E-state index in [1.54, 1.807) is 20.8 Å². The van der Waals surface area contributed by atoms with Crippen molar-refractivity contribution < 1.29 is 32.2 Å². The quantitative estimate of drug-likeness (QED) is 0.879. The maximum atomic E-state index is 13.3. The minimum Gasteiger partial charge on any atom is -0.490 e. The van der Waals surface area contributed by atoms with E-state index in [0.29, 0.717) is 12.8 Å². The average molecular weight is 347 g/mol. The molecule has 1 aromatic carbocycles. The number of carbonyl (C=O) groups is 1. The number of hydrogen-bond acceptors (Lipinski definition) is 4. The third kappa shape index (κ3) is 5.50. The number of rotatable bonds is 5. The second kappa shape index (κ2) is 7.19. The van der Waals surface area contributed by atoms with Gasteiger partial charge in [0.15, 0.2) is 11.6 Å². The van der Waals surface area contributed by atoms with Gasteiger partial charge in [0, 0.05) is 24.9 Å². The monoisotopic (exact) mass is 347 g/mol. The normalized spacial score (nSPS) is 20.3. The summed E-state index contributed by atoms with van der Waals surface area (Å²) in [6.45, 7) is 2.20. The molecule has 1 N–H and O–H groups in total. The van der Waals surface area contributed by atoms with Gasteiger partial charge in [-0.05, 0) is 32.9 Å². The topological polar surface area (TPSA) is 56.8 Å². The van der Waals surface area contributed by atoms with Crippen LogP contribution in [0.2, 0.25) is 0 Å². The summed E-state index contributed by atoms with van der Waals surface area (Å²) in [4.78, 5) is 11.6. The highest BCUT2D eigenvalue weighted by Gasteiger charge is 2.33. The Balaban J connectivity index is 1.80. The van der Waals surface area contributed by atoms with E-state index in [-0.39, 0.29) is 17.9 Å². The molecule has 8 heteroatoms. The smallest absolute Gasteiger partial charge is 0.407 e. The summed E-state index contributed by atoms with van der Waals surface area (Å²) in [7, 11) is 0. The van der Waals surface area contributed by atoms with E-state index in [2.05, 4.69) is 10.1 Å². The van der Waals surface area contributed by atoms with E-state index in [4.69, 9.17) is 9.47 Å². The molecule has 0 saturated heterocycles. The predicted octanol–water partition coefficient (Wildman–Crippen LogP) is 3.86. The number of ether oxygens (including phenoxy) is 3. The summed E-state index contributed by atoms with van der Waals surface area (Å²) in [5.74, 6) is -1.22. The van der Waals surface area contributed by atoms with Crippen LogP contribution in [0.4, 0.5) is 18.0 Å². The standard InChI is InChI=1S/C16H20F3NO4/c1-16(2,3)24-15(21)20-9-6-11(7-9)22-10-4-5-12(17)13(8-10)23-14(18)19/h4-5,8-9,11,14H,6-7H2,1-3H3,(H,20,21). The number of alkyl halides is 2. The molecule has 1 fully saturated rings. The van der Waals surface area contributed by atoms with Crippen molar-refractivity contribution in [1.29, 1.82) is 0 Å². The second-order valence-corrected chi connectivity index (χ2v) is 6.53. The minimum absolute atomic E-state index is 0.0814. The third-order valence-corrected chi connectivity index (χ3v) is 3.24. The van der Waals surface area contributed by atoms with Gasteiger partial charge in [0.25, 0.3) is 0 Å². The fourth-order valence-corrected chi connectivity index (χ4v) is 2.19. The molecule has 1 aliphatic carbocycles. The Morgan fingerprint density at radius 3 is 2.54 bits per heavy atom. The zero-order valence-electron chi connectivity index (χ0n) is 13.6. The van der Waals surface area contributed by atoms with Crippen molar-refractivity contribution in [1.82, 2.24) is 5.32 Å². The summed E-state index contributed by atoms with van der Waals surface area (Å²) in [6.07, 6.45) is 0.388. The lowest BCUT2D eigenvalue weighted by molar-refractivity contribution is -0.0523. The Hall–Kier alpha value is -2.12. The summed E-state index contributed by atoms with van der Waals surface area (Å²) < 4.78 is 52.5. The van der Waals surface area contributed by atoms with Crippen molar-refractivity contribution in [2.24, 2.45) is 0 Å². The van der Waals surface area contributed by atoms with Crippen LogP contribution < -0.4 is 14.8 Å². The van der Waals surface area contributed by atoms with Gasteiger partial charge < -0.3 is 19.5 Å². The fourth-order valence-electron chi connectivity index (χ4n) is 2.19. The third-order valence-electron chi connectivity index (χ3n) is 3.24. The van der Waals surface area contributed by atoms with Gasteiger partial charge in [-0.2, -0.15) is 8.78 Å². The summed E-state index contributed by atoms with van der Waals surface area (Å²) in [5.41, 5.74) is -0.570. The Kier molecular flexibility index (Phi) is 5.46. The summed E-state index contributed by atoms with van der Waals surface area (Å²) in [6, 6.07) is 3.34. The molecule has 0 spiro atoms. The van der Waals surface area contributed by atoms with Crippen LogP contribution in [0, 0.1) is 5.82 Å². The molecule has 0 heterocycles. The van der Waals surface area contributed by atoms with E-state index in [9.17, 15) is 18.0 Å². The lowest BCUT2D eigenvalue weighted by atomic mass is 9.89. The van der Waals surface area contributed by atoms with E-state index in [1.165, 1.54) is 6.07 Å². The fraction of sp³-hybridized carbons (Fsp3) is 0.562. The van der Waals surface area contributed by atoms with Gasteiger partial charge in [-0.15, -0.1) is 0 Å². The largest absolute Gasteiger partial charge is 0.490 e. The molecule has 0 aromatic heterocycles. The number of benzene rings is 1. The second-order valence-electron chi connectivity index (χ2n) is 6.53. The van der Waals surface area contributed by atoms with E-state index in [1.807, 2.05) is 0 Å². The van der Waals surface area contributed by atoms with E-state index >= 15 is 0 Å². The molecule has 1 aromatic rings. The lowest BCUT2D eigenvalue weighted by Gasteiger charge is -2.36. The zero-order chi connectivity index (χ0) is 17.9. The first-order valence-electron chi connectivity index (χ1n) is 7.53. The van der Waals surface area contributed by atoms with Gasteiger partial charge in [0.2, 0.25) is 0 Å². The van der Waals surface area contributed by atoms with Crippen LogP contribution in [0.15, 0.2) is 18.2 Å². The van der Waals surface area contributed by atoms with Gasteiger partial charge in [-0.3, -0.25) is 0 Å². The minimum atomic E-state index is -3.11. The van der Waals surface area contributed by atoms with Crippen molar-refractivity contribution >= 4 is 6.09 Å². The van der Waals surface area contributed by atoms with Gasteiger partial charge >= 0.3 is 12.7 Å². The van der Waals surface area contributed by atoms with E-state index in [0.717, 1.165) is 12.1 Å². The highest BCUT2D eigenvalue weighted by molar-refractivity contribution is 5.68. The number of alkyl carbamates (subject to hydrolysis) is 1. The highest BCUT2D eigenvalue weighted by atomic mass is 19.3. The molecule has 1 saturated carbocycles. The Bertz CT molecular complexity index is 583. The molecule has 0 atom stereocenters. The first-order valence-corrected chi connectivity index (χ1v) is 7.53. The van der Waals surface area contributed by atoms with Crippen LogP contribution >= 0.6 is 0 Å². The van der Waals surface area contributed by atoms with Crippen molar-refractivity contribution in [2.75, 3.05) is 0 Å². The van der Waals surface area contributed by atoms with Crippen LogP contribution in [-0.2, 0) is 4.74 Å². The molecule has 0 bridgehead atoms. The maximum absolute atomic E-state index is 13.3. The molecule has 134 valence electrons. The number of hydrogen-bond donors (Lipinski definition) is 1. The predicted molar refractivity (Wildman–Crippen MR) is 79.8 cm³/mol. The van der Waals surface area contributed by atoms with Crippen LogP contribution in [0.3, 0.4) is 0 Å². The Labute approximate surface area is 138 Å². The number of halogens is 3. The highest BCUT2D eigenvalue weighted by Crippen LogP contribution is 2.30. The molecule has 0 unspecified atom stereocenters. The van der Waals surface area contributed by atoms with Gasteiger partial charge in [-0.1, -0.05) is 0 Å². The van der Waals surface area contributed by atoms with E-state index < -0.39 is 29.9 Å². The van der Waals surface area contributed by atoms with Crippen LogP contribution in [0.1, 0.15) is 33.6 Å². The first-order chi connectivity index (χ1) is 11.1. The van der Waals surface area contributed by atoms with Crippen molar-refractivity contribution in [3.8, 4) is 11.5 Å². The molecule has 5 nitrogen and oxygen atoms in total. The first kappa shape index (κ1) is 18.2. The van der Waals surface area contributed by atoms with Crippen molar-refractivity contribution in [2.45, 2.75) is 58.0 Å². The van der Waals surface area contributed by atoms with Crippen LogP contribution in [-0.4, -0.2) is 30.5 Å². The molecule has 24 heavy (non-hydrogen) atoms. The summed E-state index contributed by atoms with van der Waals surface area (Å²) >= 11 is 0. The molecule has 1 amide bonds. The molecule has 0 aliphatic heterocycles. The number of carbonyl (C=O) groups excluding carboxylic acids is 1. The SMILES string of the molecule is CC(C)(C)OC(=O)NC1CC(Oc2ccc(F)c(OC(F)F)c2)C1. The molecule has 2 rings (SSSR count). The lowest BCUT2D eigenvalue weighted by Crippen LogP contribution is -2.50. The van der Waals surface area contributed by atoms with Gasteiger partial charge in [0.05, 0.1) is 0 Å².